The van der Waals surface area contributed by atoms with Crippen LogP contribution in [0.3, 0.4) is 0 Å². The first-order valence-corrected chi connectivity index (χ1v) is 12.1. The number of ether oxygens (including phenoxy) is 1. The number of benzene rings is 3. The largest absolute Gasteiger partial charge is 0.466 e. The molecule has 5 rings (SSSR count). The van der Waals surface area contributed by atoms with Gasteiger partial charge in [-0.25, -0.2) is 4.98 Å². The summed E-state index contributed by atoms with van der Waals surface area (Å²) in [7, 11) is 0. The topological polar surface area (TPSA) is 90.3 Å². The summed E-state index contributed by atoms with van der Waals surface area (Å²) in [6, 6.07) is 25.2. The monoisotopic (exact) mass is 481 g/mol. The van der Waals surface area contributed by atoms with Crippen molar-refractivity contribution >= 4 is 22.9 Å². The minimum absolute atomic E-state index is 0.267. The molecule has 1 heterocycles. The van der Waals surface area contributed by atoms with E-state index in [1.165, 1.54) is 4.57 Å². The van der Waals surface area contributed by atoms with Crippen LogP contribution in [0.5, 0.6) is 0 Å². The molecule has 4 aromatic rings. The summed E-state index contributed by atoms with van der Waals surface area (Å²) in [4.78, 5) is 44.9. The molecular weight excluding hydrogens is 454 g/mol. The summed E-state index contributed by atoms with van der Waals surface area (Å²) in [6.07, 6.45) is 0.478. The summed E-state index contributed by atoms with van der Waals surface area (Å²) < 4.78 is 6.75. The molecule has 182 valence electrons. The van der Waals surface area contributed by atoms with Gasteiger partial charge in [0.15, 0.2) is 0 Å². The SMILES string of the molecule is CCOC(=O)C1CC1C(C(=O)NCc1ccccc1)n1c(=O)c(-c2ccccc2)nc2ccccc21. The minimum atomic E-state index is -0.883. The van der Waals surface area contributed by atoms with E-state index in [9.17, 15) is 14.4 Å². The molecule has 1 aliphatic rings. The number of nitrogens with zero attached hydrogens (tertiary/aromatic N) is 2. The molecule has 1 fully saturated rings. The van der Waals surface area contributed by atoms with Gasteiger partial charge in [0.25, 0.3) is 5.56 Å². The molecule has 0 spiro atoms. The molecular formula is C29H27N3O4. The third-order valence-electron chi connectivity index (χ3n) is 6.53. The van der Waals surface area contributed by atoms with Crippen LogP contribution in [0.25, 0.3) is 22.3 Å². The van der Waals surface area contributed by atoms with E-state index < -0.39 is 12.0 Å². The summed E-state index contributed by atoms with van der Waals surface area (Å²) >= 11 is 0. The van der Waals surface area contributed by atoms with Crippen molar-refractivity contribution < 1.29 is 14.3 Å². The van der Waals surface area contributed by atoms with Crippen LogP contribution in [0.15, 0.2) is 89.7 Å². The average Bonchev–Trinajstić information content (AvgIpc) is 3.70. The third kappa shape index (κ3) is 4.64. The van der Waals surface area contributed by atoms with Crippen molar-refractivity contribution in [3.63, 3.8) is 0 Å². The first-order valence-electron chi connectivity index (χ1n) is 12.1. The number of para-hydroxylation sites is 2. The number of nitrogens with one attached hydrogen (secondary N) is 1. The van der Waals surface area contributed by atoms with Gasteiger partial charge in [-0.2, -0.15) is 0 Å². The predicted octanol–water partition coefficient (Wildman–Crippen LogP) is 4.12. The fraction of sp³-hybridized carbons (Fsp3) is 0.241. The molecule has 36 heavy (non-hydrogen) atoms. The van der Waals surface area contributed by atoms with Crippen molar-refractivity contribution in [2.75, 3.05) is 6.61 Å². The maximum absolute atomic E-state index is 13.9. The van der Waals surface area contributed by atoms with Crippen LogP contribution in [0, 0.1) is 11.8 Å². The van der Waals surface area contributed by atoms with Gasteiger partial charge in [0, 0.05) is 18.0 Å². The molecule has 1 aliphatic carbocycles. The van der Waals surface area contributed by atoms with Crippen molar-refractivity contribution in [2.24, 2.45) is 11.8 Å². The highest BCUT2D eigenvalue weighted by molar-refractivity contribution is 5.87. The molecule has 7 nitrogen and oxygen atoms in total. The molecule has 0 saturated heterocycles. The van der Waals surface area contributed by atoms with E-state index in [1.54, 1.807) is 13.0 Å². The zero-order chi connectivity index (χ0) is 25.1. The number of hydrogen-bond acceptors (Lipinski definition) is 5. The highest BCUT2D eigenvalue weighted by Crippen LogP contribution is 2.48. The van der Waals surface area contributed by atoms with Crippen LogP contribution in [-0.2, 0) is 20.9 Å². The Hall–Kier alpha value is -4.26. The standard InChI is InChI=1S/C29H27N3O4/c1-2-36-29(35)22-17-21(22)26(27(33)30-18-19-11-5-3-6-12-19)32-24-16-10-9-15-23(24)31-25(28(32)34)20-13-7-4-8-14-20/h3-16,21-22,26H,2,17-18H2,1H3,(H,30,33). The van der Waals surface area contributed by atoms with E-state index >= 15 is 0 Å². The number of carbonyl (C=O) groups is 2. The lowest BCUT2D eigenvalue weighted by Gasteiger charge is -2.22. The lowest BCUT2D eigenvalue weighted by Crippen LogP contribution is -2.40. The van der Waals surface area contributed by atoms with E-state index in [0.29, 0.717) is 29.6 Å². The number of esters is 1. The molecule has 0 radical (unpaired) electrons. The Bertz CT molecular complexity index is 1450. The number of carbonyl (C=O) groups excluding carboxylic acids is 2. The van der Waals surface area contributed by atoms with Gasteiger partial charge in [-0.3, -0.25) is 19.0 Å². The van der Waals surface area contributed by atoms with Crippen LogP contribution in [-0.4, -0.2) is 28.0 Å². The van der Waals surface area contributed by atoms with Crippen LogP contribution in [0.4, 0.5) is 0 Å². The lowest BCUT2D eigenvalue weighted by molar-refractivity contribution is -0.145. The van der Waals surface area contributed by atoms with Crippen molar-refractivity contribution in [1.82, 2.24) is 14.9 Å². The zero-order valence-corrected chi connectivity index (χ0v) is 20.0. The van der Waals surface area contributed by atoms with Gasteiger partial charge < -0.3 is 10.1 Å². The van der Waals surface area contributed by atoms with Gasteiger partial charge in [-0.15, -0.1) is 0 Å². The Kier molecular flexibility index (Phi) is 6.62. The Morgan fingerprint density at radius 3 is 2.39 bits per heavy atom. The van der Waals surface area contributed by atoms with Crippen LogP contribution >= 0.6 is 0 Å². The Morgan fingerprint density at radius 2 is 1.67 bits per heavy atom. The molecule has 0 aliphatic heterocycles. The Labute approximate surface area is 208 Å². The smallest absolute Gasteiger partial charge is 0.309 e. The molecule has 1 saturated carbocycles. The van der Waals surface area contributed by atoms with E-state index in [-0.39, 0.29) is 35.7 Å². The van der Waals surface area contributed by atoms with Crippen molar-refractivity contribution in [3.8, 4) is 11.3 Å². The molecule has 7 heteroatoms. The maximum atomic E-state index is 13.9. The van der Waals surface area contributed by atoms with E-state index in [2.05, 4.69) is 10.3 Å². The zero-order valence-electron chi connectivity index (χ0n) is 20.0. The quantitative estimate of drug-likeness (QED) is 0.383. The lowest BCUT2D eigenvalue weighted by atomic mass is 10.1. The van der Waals surface area contributed by atoms with Gasteiger partial charge in [0.1, 0.15) is 11.7 Å². The second-order valence-corrected chi connectivity index (χ2v) is 8.90. The van der Waals surface area contributed by atoms with Crippen LogP contribution in [0.2, 0.25) is 0 Å². The number of aromatic nitrogens is 2. The normalized spacial score (nSPS) is 17.4. The molecule has 1 amide bonds. The number of hydrogen-bond donors (Lipinski definition) is 1. The fourth-order valence-corrected chi connectivity index (χ4v) is 4.69. The summed E-state index contributed by atoms with van der Waals surface area (Å²) in [5.41, 5.74) is 2.67. The first kappa shape index (κ1) is 23.5. The van der Waals surface area contributed by atoms with Crippen molar-refractivity contribution in [1.29, 1.82) is 0 Å². The molecule has 1 aromatic heterocycles. The van der Waals surface area contributed by atoms with Gasteiger partial charge in [0.05, 0.1) is 23.6 Å². The second-order valence-electron chi connectivity index (χ2n) is 8.90. The molecule has 0 bridgehead atoms. The van der Waals surface area contributed by atoms with Crippen LogP contribution in [0.1, 0.15) is 24.9 Å². The summed E-state index contributed by atoms with van der Waals surface area (Å²) in [5, 5.41) is 2.99. The highest BCUT2D eigenvalue weighted by atomic mass is 16.5. The molecule has 3 atom stereocenters. The van der Waals surface area contributed by atoms with Gasteiger partial charge in [-0.1, -0.05) is 72.8 Å². The average molecular weight is 482 g/mol. The summed E-state index contributed by atoms with van der Waals surface area (Å²) in [5.74, 6) is -1.44. The molecule has 1 N–H and O–H groups in total. The number of fused-ring (bicyclic) bond motifs is 1. The van der Waals surface area contributed by atoms with E-state index in [0.717, 1.165) is 5.56 Å². The molecule has 3 aromatic carbocycles. The van der Waals surface area contributed by atoms with E-state index in [4.69, 9.17) is 4.74 Å². The van der Waals surface area contributed by atoms with Gasteiger partial charge >= 0.3 is 5.97 Å². The number of rotatable bonds is 8. The number of amides is 1. The van der Waals surface area contributed by atoms with Gasteiger partial charge in [0.2, 0.25) is 5.91 Å². The van der Waals surface area contributed by atoms with Crippen molar-refractivity contribution in [3.05, 3.63) is 101 Å². The summed E-state index contributed by atoms with van der Waals surface area (Å²) in [6.45, 7) is 2.34. The van der Waals surface area contributed by atoms with E-state index in [1.807, 2.05) is 78.9 Å². The van der Waals surface area contributed by atoms with Crippen molar-refractivity contribution in [2.45, 2.75) is 25.9 Å². The fourth-order valence-electron chi connectivity index (χ4n) is 4.69. The second kappa shape index (κ2) is 10.2. The first-order chi connectivity index (χ1) is 17.6. The third-order valence-corrected chi connectivity index (χ3v) is 6.53. The predicted molar refractivity (Wildman–Crippen MR) is 137 cm³/mol. The Balaban J connectivity index is 1.61. The maximum Gasteiger partial charge on any atom is 0.309 e. The highest BCUT2D eigenvalue weighted by Gasteiger charge is 2.52. The minimum Gasteiger partial charge on any atom is -0.466 e. The van der Waals surface area contributed by atoms with Crippen LogP contribution < -0.4 is 10.9 Å². The molecule has 3 unspecified atom stereocenters. The van der Waals surface area contributed by atoms with Gasteiger partial charge in [-0.05, 0) is 31.0 Å². The Morgan fingerprint density at radius 1 is 1.00 bits per heavy atom.